The van der Waals surface area contributed by atoms with E-state index in [1.807, 2.05) is 13.8 Å². The van der Waals surface area contributed by atoms with Gasteiger partial charge in [0.15, 0.2) is 0 Å². The molecule has 0 aliphatic carbocycles. The summed E-state index contributed by atoms with van der Waals surface area (Å²) in [5.74, 6) is -0.0179. The molecule has 2 aliphatic heterocycles. The molecule has 1 saturated heterocycles. The van der Waals surface area contributed by atoms with Crippen LogP contribution in [0.3, 0.4) is 0 Å². The Bertz CT molecular complexity index is 742. The largest absolute Gasteiger partial charge is 0.363 e. The van der Waals surface area contributed by atoms with Gasteiger partial charge in [-0.1, -0.05) is 0 Å². The van der Waals surface area contributed by atoms with E-state index in [2.05, 4.69) is 0 Å². The lowest BCUT2D eigenvalue weighted by Crippen LogP contribution is -2.44. The van der Waals surface area contributed by atoms with E-state index < -0.39 is 15.6 Å². The Hall–Kier alpha value is -1.44. The lowest BCUT2D eigenvalue weighted by molar-refractivity contribution is -0.116. The zero-order valence-electron chi connectivity index (χ0n) is 13.7. The zero-order chi connectivity index (χ0) is 16.8. The SMILES string of the molecule is CC(=O)N1CCCc2cc(S(=O)(=O)N3COCC3(C)C)ccc21. The molecule has 1 aromatic rings. The molecule has 0 aromatic heterocycles. The van der Waals surface area contributed by atoms with Gasteiger partial charge in [-0.3, -0.25) is 4.79 Å². The molecule has 0 N–H and O–H groups in total. The number of carbonyl (C=O) groups is 1. The number of sulfonamides is 1. The Labute approximate surface area is 137 Å². The molecular formula is C16H22N2O4S. The number of fused-ring (bicyclic) bond motifs is 1. The van der Waals surface area contributed by atoms with Crippen LogP contribution in [-0.2, 0) is 26.0 Å². The van der Waals surface area contributed by atoms with Gasteiger partial charge in [-0.25, -0.2) is 8.42 Å². The fraction of sp³-hybridized carbons (Fsp3) is 0.562. The van der Waals surface area contributed by atoms with Crippen LogP contribution in [0.5, 0.6) is 0 Å². The molecule has 1 aromatic carbocycles. The van der Waals surface area contributed by atoms with E-state index in [0.29, 0.717) is 13.2 Å². The number of hydrogen-bond acceptors (Lipinski definition) is 4. The maximum atomic E-state index is 12.9. The van der Waals surface area contributed by atoms with Crippen LogP contribution in [0.25, 0.3) is 0 Å². The highest BCUT2D eigenvalue weighted by Crippen LogP contribution is 2.33. The van der Waals surface area contributed by atoms with Crippen molar-refractivity contribution in [3.63, 3.8) is 0 Å². The van der Waals surface area contributed by atoms with Crippen molar-refractivity contribution < 1.29 is 17.9 Å². The summed E-state index contributed by atoms with van der Waals surface area (Å²) in [7, 11) is -3.61. The van der Waals surface area contributed by atoms with Gasteiger partial charge in [0, 0.05) is 19.2 Å². The van der Waals surface area contributed by atoms with Gasteiger partial charge in [0.25, 0.3) is 0 Å². The minimum absolute atomic E-state index is 0.0179. The Balaban J connectivity index is 2.00. The van der Waals surface area contributed by atoms with Crippen molar-refractivity contribution in [1.82, 2.24) is 4.31 Å². The van der Waals surface area contributed by atoms with Crippen LogP contribution in [0.2, 0.25) is 0 Å². The summed E-state index contributed by atoms with van der Waals surface area (Å²) in [5.41, 5.74) is 1.17. The summed E-state index contributed by atoms with van der Waals surface area (Å²) in [5, 5.41) is 0. The third-order valence-electron chi connectivity index (χ3n) is 4.48. The molecule has 0 unspecified atom stereocenters. The highest BCUT2D eigenvalue weighted by Gasteiger charge is 2.42. The molecule has 126 valence electrons. The van der Waals surface area contributed by atoms with Crippen molar-refractivity contribution in [2.24, 2.45) is 0 Å². The average Bonchev–Trinajstić information content (AvgIpc) is 2.86. The minimum Gasteiger partial charge on any atom is -0.363 e. The molecule has 2 aliphatic rings. The van der Waals surface area contributed by atoms with Crippen molar-refractivity contribution in [3.05, 3.63) is 23.8 Å². The first-order valence-electron chi connectivity index (χ1n) is 7.75. The number of carbonyl (C=O) groups excluding carboxylic acids is 1. The second kappa shape index (κ2) is 5.58. The monoisotopic (exact) mass is 338 g/mol. The van der Waals surface area contributed by atoms with Crippen LogP contribution in [0, 0.1) is 0 Å². The van der Waals surface area contributed by atoms with E-state index in [-0.39, 0.29) is 17.5 Å². The highest BCUT2D eigenvalue weighted by molar-refractivity contribution is 7.89. The molecule has 0 spiro atoms. The summed E-state index contributed by atoms with van der Waals surface area (Å²) in [6.07, 6.45) is 1.62. The zero-order valence-corrected chi connectivity index (χ0v) is 14.5. The fourth-order valence-corrected chi connectivity index (χ4v) is 4.91. The van der Waals surface area contributed by atoms with Gasteiger partial charge in [-0.2, -0.15) is 4.31 Å². The van der Waals surface area contributed by atoms with E-state index in [9.17, 15) is 13.2 Å². The number of aryl methyl sites for hydroxylation is 1. The Kier molecular flexibility index (Phi) is 3.98. The quantitative estimate of drug-likeness (QED) is 0.824. The number of benzene rings is 1. The second-order valence-electron chi connectivity index (χ2n) is 6.71. The molecule has 23 heavy (non-hydrogen) atoms. The molecule has 0 radical (unpaired) electrons. The van der Waals surface area contributed by atoms with Crippen LogP contribution in [0.15, 0.2) is 23.1 Å². The Morgan fingerprint density at radius 2 is 2.04 bits per heavy atom. The second-order valence-corrected chi connectivity index (χ2v) is 8.57. The van der Waals surface area contributed by atoms with Crippen LogP contribution in [-0.4, -0.2) is 44.1 Å². The van der Waals surface area contributed by atoms with Crippen LogP contribution >= 0.6 is 0 Å². The highest BCUT2D eigenvalue weighted by atomic mass is 32.2. The molecule has 6 nitrogen and oxygen atoms in total. The summed E-state index contributed by atoms with van der Waals surface area (Å²) >= 11 is 0. The van der Waals surface area contributed by atoms with E-state index >= 15 is 0 Å². The predicted molar refractivity (Wildman–Crippen MR) is 86.7 cm³/mol. The molecule has 0 bridgehead atoms. The van der Waals surface area contributed by atoms with Crippen molar-refractivity contribution in [2.45, 2.75) is 44.0 Å². The van der Waals surface area contributed by atoms with Crippen molar-refractivity contribution in [3.8, 4) is 0 Å². The molecule has 0 saturated carbocycles. The van der Waals surface area contributed by atoms with Gasteiger partial charge < -0.3 is 9.64 Å². The minimum atomic E-state index is -3.61. The maximum Gasteiger partial charge on any atom is 0.245 e. The van der Waals surface area contributed by atoms with Crippen LogP contribution in [0.1, 0.15) is 32.8 Å². The van der Waals surface area contributed by atoms with Crippen LogP contribution < -0.4 is 4.90 Å². The smallest absolute Gasteiger partial charge is 0.245 e. The molecule has 3 rings (SSSR count). The number of amides is 1. The molecule has 7 heteroatoms. The topological polar surface area (TPSA) is 66.9 Å². The number of anilines is 1. The van der Waals surface area contributed by atoms with E-state index in [1.165, 1.54) is 11.2 Å². The summed E-state index contributed by atoms with van der Waals surface area (Å²) in [4.78, 5) is 13.7. The van der Waals surface area contributed by atoms with Gasteiger partial charge in [-0.15, -0.1) is 0 Å². The van der Waals surface area contributed by atoms with Crippen molar-refractivity contribution in [2.75, 3.05) is 24.8 Å². The third-order valence-corrected chi connectivity index (χ3v) is 6.51. The predicted octanol–water partition coefficient (Wildman–Crippen LogP) is 1.74. The molecular weight excluding hydrogens is 316 g/mol. The van der Waals surface area contributed by atoms with Crippen LogP contribution in [0.4, 0.5) is 5.69 Å². The molecule has 1 amide bonds. The van der Waals surface area contributed by atoms with Gasteiger partial charge in [0.05, 0.1) is 17.0 Å². The fourth-order valence-electron chi connectivity index (χ4n) is 3.21. The van der Waals surface area contributed by atoms with Crippen molar-refractivity contribution >= 4 is 21.6 Å². The molecule has 1 fully saturated rings. The summed E-state index contributed by atoms with van der Waals surface area (Å²) in [6, 6.07) is 5.03. The van der Waals surface area contributed by atoms with Gasteiger partial charge >= 0.3 is 0 Å². The first-order chi connectivity index (χ1) is 10.7. The maximum absolute atomic E-state index is 12.9. The third kappa shape index (κ3) is 2.77. The molecule has 0 atom stereocenters. The van der Waals surface area contributed by atoms with Gasteiger partial charge in [0.2, 0.25) is 15.9 Å². The lowest BCUT2D eigenvalue weighted by Gasteiger charge is -2.31. The number of nitrogens with zero attached hydrogens (tertiary/aromatic N) is 2. The summed E-state index contributed by atoms with van der Waals surface area (Å²) < 4.78 is 32.6. The number of ether oxygens (including phenoxy) is 1. The van der Waals surface area contributed by atoms with E-state index in [1.54, 1.807) is 23.1 Å². The first-order valence-corrected chi connectivity index (χ1v) is 9.19. The first kappa shape index (κ1) is 16.4. The summed E-state index contributed by atoms with van der Waals surface area (Å²) in [6.45, 7) is 6.38. The average molecular weight is 338 g/mol. The van der Waals surface area contributed by atoms with Crippen molar-refractivity contribution in [1.29, 1.82) is 0 Å². The van der Waals surface area contributed by atoms with Gasteiger partial charge in [-0.05, 0) is 50.5 Å². The Morgan fingerprint density at radius 3 is 2.65 bits per heavy atom. The van der Waals surface area contributed by atoms with E-state index in [4.69, 9.17) is 4.74 Å². The number of hydrogen-bond donors (Lipinski definition) is 0. The molecule has 2 heterocycles. The normalized spacial score (nSPS) is 21.3. The van der Waals surface area contributed by atoms with Gasteiger partial charge in [0.1, 0.15) is 6.73 Å². The number of rotatable bonds is 2. The lowest BCUT2D eigenvalue weighted by atomic mass is 10.0. The Morgan fingerprint density at radius 1 is 1.30 bits per heavy atom. The standard InChI is InChI=1S/C16H22N2O4S/c1-12(19)17-8-4-5-13-9-14(6-7-15(13)17)23(20,21)18-11-22-10-16(18,2)3/h6-7,9H,4-5,8,10-11H2,1-3H3. The van der Waals surface area contributed by atoms with E-state index in [0.717, 1.165) is 24.1 Å².